The van der Waals surface area contributed by atoms with E-state index in [1.807, 2.05) is 6.07 Å². The zero-order chi connectivity index (χ0) is 19.6. The molecular formula is C18H14ClN5O3. The number of nitriles is 1. The van der Waals surface area contributed by atoms with Crippen LogP contribution in [-0.2, 0) is 6.54 Å². The first-order valence-electron chi connectivity index (χ1n) is 7.87. The summed E-state index contributed by atoms with van der Waals surface area (Å²) >= 11 is 5.97. The molecule has 2 aromatic heterocycles. The molecule has 136 valence electrons. The van der Waals surface area contributed by atoms with Gasteiger partial charge in [-0.2, -0.15) is 10.4 Å². The largest absolute Gasteiger partial charge is 0.450 e. The second-order valence-electron chi connectivity index (χ2n) is 5.85. The number of nitrogens with one attached hydrogen (secondary N) is 1. The summed E-state index contributed by atoms with van der Waals surface area (Å²) in [6, 6.07) is 8.05. The van der Waals surface area contributed by atoms with E-state index in [0.717, 1.165) is 0 Å². The third kappa shape index (κ3) is 4.04. The molecule has 8 nitrogen and oxygen atoms in total. The minimum absolute atomic E-state index is 0.0183. The van der Waals surface area contributed by atoms with Gasteiger partial charge in [-0.15, -0.1) is 0 Å². The van der Waals surface area contributed by atoms with E-state index in [2.05, 4.69) is 15.2 Å². The Kier molecular flexibility index (Phi) is 5.05. The fourth-order valence-electron chi connectivity index (χ4n) is 2.40. The number of aromatic nitrogens is 4. The van der Waals surface area contributed by atoms with Gasteiger partial charge in [0.1, 0.15) is 5.75 Å². The predicted molar refractivity (Wildman–Crippen MR) is 98.2 cm³/mol. The third-order valence-corrected chi connectivity index (χ3v) is 3.99. The molecule has 0 radical (unpaired) electrons. The van der Waals surface area contributed by atoms with E-state index in [1.165, 1.54) is 29.1 Å². The topological polar surface area (TPSA) is 114 Å². The molecule has 0 aliphatic carbocycles. The van der Waals surface area contributed by atoms with E-state index in [4.69, 9.17) is 21.6 Å². The van der Waals surface area contributed by atoms with Gasteiger partial charge in [0, 0.05) is 10.6 Å². The Morgan fingerprint density at radius 1 is 1.26 bits per heavy atom. The van der Waals surface area contributed by atoms with Crippen molar-refractivity contribution in [3.8, 4) is 17.6 Å². The van der Waals surface area contributed by atoms with E-state index < -0.39 is 5.56 Å². The maximum atomic E-state index is 12.8. The Morgan fingerprint density at radius 2 is 2.04 bits per heavy atom. The molecule has 0 saturated carbocycles. The lowest BCUT2D eigenvalue weighted by molar-refractivity contribution is 0.457. The summed E-state index contributed by atoms with van der Waals surface area (Å²) in [6.07, 6.45) is 1.38. The SMILES string of the molecule is Cc1ncn(Cc2cc(C)c(=O)[nH]n2)c(=O)c1Oc1cc(Cl)cc(C#N)c1. The number of halogens is 1. The predicted octanol–water partition coefficient (Wildman–Crippen LogP) is 2.31. The van der Waals surface area contributed by atoms with E-state index in [-0.39, 0.29) is 23.6 Å². The maximum Gasteiger partial charge on any atom is 0.296 e. The van der Waals surface area contributed by atoms with Crippen LogP contribution in [0, 0.1) is 25.2 Å². The average Bonchev–Trinajstić information content (AvgIpc) is 2.63. The van der Waals surface area contributed by atoms with Crippen LogP contribution in [0.2, 0.25) is 5.02 Å². The number of nitrogens with zero attached hydrogens (tertiary/aromatic N) is 4. The minimum atomic E-state index is -0.424. The number of ether oxygens (including phenoxy) is 1. The highest BCUT2D eigenvalue weighted by molar-refractivity contribution is 6.30. The highest BCUT2D eigenvalue weighted by atomic mass is 35.5. The quantitative estimate of drug-likeness (QED) is 0.739. The van der Waals surface area contributed by atoms with Crippen LogP contribution in [0.4, 0.5) is 0 Å². The summed E-state index contributed by atoms with van der Waals surface area (Å²) in [5, 5.41) is 15.7. The third-order valence-electron chi connectivity index (χ3n) is 3.77. The van der Waals surface area contributed by atoms with Gasteiger partial charge >= 0.3 is 0 Å². The van der Waals surface area contributed by atoms with Crippen LogP contribution in [0.1, 0.15) is 22.5 Å². The number of rotatable bonds is 4. The highest BCUT2D eigenvalue weighted by Gasteiger charge is 2.13. The summed E-state index contributed by atoms with van der Waals surface area (Å²) in [5.74, 6) is 0.279. The number of aromatic amines is 1. The molecule has 2 heterocycles. The molecule has 3 aromatic rings. The van der Waals surface area contributed by atoms with Crippen LogP contribution in [0.25, 0.3) is 0 Å². The molecule has 0 fully saturated rings. The molecule has 0 spiro atoms. The van der Waals surface area contributed by atoms with Crippen LogP contribution in [0.15, 0.2) is 40.2 Å². The van der Waals surface area contributed by atoms with Gasteiger partial charge in [-0.05, 0) is 38.1 Å². The van der Waals surface area contributed by atoms with Crippen LogP contribution in [-0.4, -0.2) is 19.7 Å². The van der Waals surface area contributed by atoms with Crippen LogP contribution in [0.5, 0.6) is 11.5 Å². The van der Waals surface area contributed by atoms with E-state index in [0.29, 0.717) is 27.5 Å². The van der Waals surface area contributed by atoms with E-state index in [9.17, 15) is 9.59 Å². The smallest absolute Gasteiger partial charge is 0.296 e. The minimum Gasteiger partial charge on any atom is -0.450 e. The molecule has 0 aliphatic heterocycles. The van der Waals surface area contributed by atoms with Gasteiger partial charge in [-0.1, -0.05) is 11.6 Å². The molecule has 0 bridgehead atoms. The Hall–Kier alpha value is -3.44. The molecule has 0 aliphatic rings. The first-order valence-corrected chi connectivity index (χ1v) is 8.25. The van der Waals surface area contributed by atoms with Crippen molar-refractivity contribution < 1.29 is 4.74 Å². The van der Waals surface area contributed by atoms with Crippen LogP contribution >= 0.6 is 11.6 Å². The average molecular weight is 384 g/mol. The van der Waals surface area contributed by atoms with Gasteiger partial charge in [0.2, 0.25) is 5.75 Å². The van der Waals surface area contributed by atoms with Crippen molar-refractivity contribution in [2.24, 2.45) is 0 Å². The molecule has 0 unspecified atom stereocenters. The number of benzene rings is 1. The van der Waals surface area contributed by atoms with Gasteiger partial charge in [-0.3, -0.25) is 14.2 Å². The number of H-pyrrole nitrogens is 1. The maximum absolute atomic E-state index is 12.8. The summed E-state index contributed by atoms with van der Waals surface area (Å²) in [7, 11) is 0. The molecular weight excluding hydrogens is 370 g/mol. The van der Waals surface area contributed by atoms with Crippen molar-refractivity contribution in [1.82, 2.24) is 19.7 Å². The zero-order valence-electron chi connectivity index (χ0n) is 14.5. The lowest BCUT2D eigenvalue weighted by Crippen LogP contribution is -2.24. The molecule has 0 atom stereocenters. The fourth-order valence-corrected chi connectivity index (χ4v) is 2.63. The molecule has 0 amide bonds. The molecule has 1 N–H and O–H groups in total. The van der Waals surface area contributed by atoms with Crippen molar-refractivity contribution >= 4 is 11.6 Å². The van der Waals surface area contributed by atoms with Gasteiger partial charge in [0.15, 0.2) is 0 Å². The fraction of sp³-hybridized carbons (Fsp3) is 0.167. The highest BCUT2D eigenvalue weighted by Crippen LogP contribution is 2.25. The molecule has 0 saturated heterocycles. The normalized spacial score (nSPS) is 10.4. The van der Waals surface area contributed by atoms with E-state index in [1.54, 1.807) is 19.9 Å². The zero-order valence-corrected chi connectivity index (χ0v) is 15.2. The second-order valence-corrected chi connectivity index (χ2v) is 6.29. The van der Waals surface area contributed by atoms with Gasteiger partial charge in [0.25, 0.3) is 11.1 Å². The molecule has 9 heteroatoms. The Morgan fingerprint density at radius 3 is 2.74 bits per heavy atom. The van der Waals surface area contributed by atoms with Crippen LogP contribution < -0.4 is 15.9 Å². The first kappa shape index (κ1) is 18.4. The molecule has 1 aromatic carbocycles. The summed E-state index contributed by atoms with van der Waals surface area (Å²) < 4.78 is 6.99. The van der Waals surface area contributed by atoms with Gasteiger partial charge in [-0.25, -0.2) is 10.1 Å². The Bertz CT molecular complexity index is 1180. The summed E-state index contributed by atoms with van der Waals surface area (Å²) in [4.78, 5) is 28.4. The summed E-state index contributed by atoms with van der Waals surface area (Å²) in [6.45, 7) is 3.40. The number of hydrogen-bond donors (Lipinski definition) is 1. The van der Waals surface area contributed by atoms with E-state index >= 15 is 0 Å². The standard InChI is InChI=1S/C18H14ClN5O3/c1-10-3-14(22-23-17(10)25)8-24-9-21-11(2)16(18(24)26)27-15-5-12(7-20)4-13(19)6-15/h3-6,9H,8H2,1-2H3,(H,23,25). The Labute approximate surface area is 158 Å². The molecule has 27 heavy (non-hydrogen) atoms. The monoisotopic (exact) mass is 383 g/mol. The van der Waals surface area contributed by atoms with Gasteiger partial charge < -0.3 is 4.74 Å². The number of hydrogen-bond acceptors (Lipinski definition) is 6. The lowest BCUT2D eigenvalue weighted by atomic mass is 10.2. The lowest BCUT2D eigenvalue weighted by Gasteiger charge is -2.11. The second kappa shape index (κ2) is 7.43. The summed E-state index contributed by atoms with van der Waals surface area (Å²) in [5.41, 5.74) is 0.985. The molecule has 3 rings (SSSR count). The van der Waals surface area contributed by atoms with Crippen molar-refractivity contribution in [3.05, 3.63) is 78.8 Å². The van der Waals surface area contributed by atoms with Crippen molar-refractivity contribution in [2.75, 3.05) is 0 Å². The van der Waals surface area contributed by atoms with Crippen molar-refractivity contribution in [1.29, 1.82) is 5.26 Å². The Balaban J connectivity index is 1.97. The van der Waals surface area contributed by atoms with Crippen LogP contribution in [0.3, 0.4) is 0 Å². The number of aryl methyl sites for hydroxylation is 2. The first-order chi connectivity index (χ1) is 12.9. The van der Waals surface area contributed by atoms with Crippen molar-refractivity contribution in [2.45, 2.75) is 20.4 Å². The van der Waals surface area contributed by atoms with Crippen molar-refractivity contribution in [3.63, 3.8) is 0 Å². The van der Waals surface area contributed by atoms with Gasteiger partial charge in [0.05, 0.1) is 35.9 Å².